The van der Waals surface area contributed by atoms with Crippen LogP contribution in [0.4, 0.5) is 25.8 Å². The predicted octanol–water partition coefficient (Wildman–Crippen LogP) is 3.66. The lowest BCUT2D eigenvalue weighted by atomic mass is 10.2. The first-order chi connectivity index (χ1) is 11.4. The molecule has 0 radical (unpaired) electrons. The van der Waals surface area contributed by atoms with Crippen molar-refractivity contribution in [3.8, 4) is 6.07 Å². The Hall–Kier alpha value is -3.11. The minimum atomic E-state index is -0.856. The zero-order valence-corrected chi connectivity index (χ0v) is 12.9. The first-order valence-corrected chi connectivity index (χ1v) is 6.96. The van der Waals surface area contributed by atoms with E-state index in [4.69, 9.17) is 22.6 Å². The van der Waals surface area contributed by atoms with Gasteiger partial charge in [0.1, 0.15) is 23.3 Å². The highest BCUT2D eigenvalue weighted by Crippen LogP contribution is 2.24. The van der Waals surface area contributed by atoms with Crippen LogP contribution in [0.15, 0.2) is 48.2 Å². The summed E-state index contributed by atoms with van der Waals surface area (Å²) in [6.45, 7) is 0. The van der Waals surface area contributed by atoms with Crippen LogP contribution in [0.25, 0.3) is 0 Å². The highest BCUT2D eigenvalue weighted by molar-refractivity contribution is 6.34. The summed E-state index contributed by atoms with van der Waals surface area (Å²) in [7, 11) is 0. The molecule has 0 spiro atoms. The number of hydrogen-bond donors (Lipinski definition) is 3. The number of nitrogens with two attached hydrogens (primary N) is 1. The van der Waals surface area contributed by atoms with E-state index in [0.717, 1.165) is 18.3 Å². The Labute approximate surface area is 141 Å². The number of halogens is 3. The maximum absolute atomic E-state index is 13.5. The summed E-state index contributed by atoms with van der Waals surface area (Å²) < 4.78 is 26.3. The number of carbonyl (C=O) groups is 1. The fourth-order valence-electron chi connectivity index (χ4n) is 1.73. The Kier molecular flexibility index (Phi) is 5.35. The third kappa shape index (κ3) is 4.21. The summed E-state index contributed by atoms with van der Waals surface area (Å²) in [6.07, 6.45) is 1.01. The number of nitrogen functional groups attached to an aromatic ring is 1. The van der Waals surface area contributed by atoms with Gasteiger partial charge < -0.3 is 16.4 Å². The summed E-state index contributed by atoms with van der Waals surface area (Å²) in [5.74, 6) is -2.34. The molecule has 0 aromatic heterocycles. The molecular formula is C16H11ClF2N4O. The molecule has 0 aliphatic heterocycles. The van der Waals surface area contributed by atoms with E-state index in [2.05, 4.69) is 10.6 Å². The molecule has 5 nitrogen and oxygen atoms in total. The van der Waals surface area contributed by atoms with Crippen molar-refractivity contribution < 1.29 is 13.6 Å². The number of anilines is 3. The first kappa shape index (κ1) is 17.2. The van der Waals surface area contributed by atoms with Gasteiger partial charge in [-0.3, -0.25) is 4.79 Å². The summed E-state index contributed by atoms with van der Waals surface area (Å²) in [5.41, 5.74) is 5.83. The summed E-state index contributed by atoms with van der Waals surface area (Å²) in [4.78, 5) is 12.1. The van der Waals surface area contributed by atoms with Gasteiger partial charge in [-0.1, -0.05) is 11.6 Å². The number of amides is 1. The van der Waals surface area contributed by atoms with Crippen LogP contribution in [-0.4, -0.2) is 5.91 Å². The van der Waals surface area contributed by atoms with E-state index >= 15 is 0 Å². The molecule has 0 fully saturated rings. The lowest BCUT2D eigenvalue weighted by Gasteiger charge is -2.08. The van der Waals surface area contributed by atoms with Gasteiger partial charge >= 0.3 is 0 Å². The Morgan fingerprint density at radius 1 is 1.21 bits per heavy atom. The standard InChI is InChI=1S/C16H11ClF2N4O/c17-12-6-11(21)2-4-14(12)23-16(24)9(7-20)8-22-15-3-1-10(18)5-13(15)19/h1-6,8,22H,21H2,(H,23,24)/b9-8-. The van der Waals surface area contributed by atoms with E-state index in [-0.39, 0.29) is 22.0 Å². The molecule has 0 bridgehead atoms. The SMILES string of the molecule is N#C/C(=C/Nc1ccc(F)cc1F)C(=O)Nc1ccc(N)cc1Cl. The van der Waals surface area contributed by atoms with E-state index in [1.807, 2.05) is 0 Å². The summed E-state index contributed by atoms with van der Waals surface area (Å²) in [5, 5.41) is 14.1. The van der Waals surface area contributed by atoms with E-state index in [0.29, 0.717) is 11.8 Å². The van der Waals surface area contributed by atoms with E-state index in [1.165, 1.54) is 18.2 Å². The van der Waals surface area contributed by atoms with Crippen LogP contribution in [-0.2, 0) is 4.79 Å². The van der Waals surface area contributed by atoms with Crippen molar-refractivity contribution in [2.24, 2.45) is 0 Å². The molecule has 2 rings (SSSR count). The van der Waals surface area contributed by atoms with Gasteiger partial charge in [0.05, 0.1) is 16.4 Å². The zero-order chi connectivity index (χ0) is 17.7. The zero-order valence-electron chi connectivity index (χ0n) is 12.1. The van der Waals surface area contributed by atoms with Crippen LogP contribution in [0.5, 0.6) is 0 Å². The number of hydrogen-bond acceptors (Lipinski definition) is 4. The van der Waals surface area contributed by atoms with Gasteiger partial charge in [0.15, 0.2) is 0 Å². The molecule has 2 aromatic rings. The van der Waals surface area contributed by atoms with Gasteiger partial charge in [-0.2, -0.15) is 5.26 Å². The number of nitrogens with one attached hydrogen (secondary N) is 2. The van der Waals surface area contributed by atoms with Crippen LogP contribution in [0.3, 0.4) is 0 Å². The minimum absolute atomic E-state index is 0.0810. The van der Waals surface area contributed by atoms with Crippen LogP contribution in [0, 0.1) is 23.0 Å². The number of rotatable bonds is 4. The van der Waals surface area contributed by atoms with Gasteiger partial charge in [-0.15, -0.1) is 0 Å². The second kappa shape index (κ2) is 7.44. The Bertz CT molecular complexity index is 862. The van der Waals surface area contributed by atoms with Gasteiger partial charge in [-0.25, -0.2) is 8.78 Å². The monoisotopic (exact) mass is 348 g/mol. The van der Waals surface area contributed by atoms with Gasteiger partial charge in [0, 0.05) is 18.0 Å². The topological polar surface area (TPSA) is 90.9 Å². The Balaban J connectivity index is 2.15. The molecule has 0 saturated heterocycles. The largest absolute Gasteiger partial charge is 0.399 e. The molecule has 0 heterocycles. The fraction of sp³-hybridized carbons (Fsp3) is 0. The van der Waals surface area contributed by atoms with E-state index in [9.17, 15) is 13.6 Å². The molecule has 122 valence electrons. The normalized spacial score (nSPS) is 10.8. The molecule has 0 aliphatic rings. The third-order valence-electron chi connectivity index (χ3n) is 2.91. The number of carbonyl (C=O) groups excluding carboxylic acids is 1. The van der Waals surface area contributed by atoms with Crippen LogP contribution >= 0.6 is 11.6 Å². The van der Waals surface area contributed by atoms with Crippen molar-refractivity contribution in [1.82, 2.24) is 0 Å². The van der Waals surface area contributed by atoms with Crippen molar-refractivity contribution in [3.05, 3.63) is 64.8 Å². The number of nitrogens with zero attached hydrogens (tertiary/aromatic N) is 1. The molecular weight excluding hydrogens is 338 g/mol. The maximum atomic E-state index is 13.5. The second-order valence-corrected chi connectivity index (χ2v) is 5.04. The minimum Gasteiger partial charge on any atom is -0.399 e. The van der Waals surface area contributed by atoms with Gasteiger partial charge in [0.2, 0.25) is 0 Å². The Morgan fingerprint density at radius 3 is 2.54 bits per heavy atom. The van der Waals surface area contributed by atoms with Crippen LogP contribution < -0.4 is 16.4 Å². The quantitative estimate of drug-likeness (QED) is 0.447. The molecule has 8 heteroatoms. The molecule has 0 aliphatic carbocycles. The molecule has 0 saturated carbocycles. The molecule has 4 N–H and O–H groups in total. The van der Waals surface area contributed by atoms with Crippen molar-refractivity contribution >= 4 is 34.6 Å². The lowest BCUT2D eigenvalue weighted by Crippen LogP contribution is -2.15. The average molecular weight is 349 g/mol. The molecule has 2 aromatic carbocycles. The summed E-state index contributed by atoms with van der Waals surface area (Å²) >= 11 is 5.93. The highest BCUT2D eigenvalue weighted by Gasteiger charge is 2.12. The first-order valence-electron chi connectivity index (χ1n) is 6.59. The van der Waals surface area contributed by atoms with Gasteiger partial charge in [0.25, 0.3) is 5.91 Å². The van der Waals surface area contributed by atoms with Crippen molar-refractivity contribution in [3.63, 3.8) is 0 Å². The molecule has 24 heavy (non-hydrogen) atoms. The second-order valence-electron chi connectivity index (χ2n) is 4.63. The van der Waals surface area contributed by atoms with Crippen LogP contribution in [0.2, 0.25) is 5.02 Å². The van der Waals surface area contributed by atoms with E-state index < -0.39 is 17.5 Å². The number of benzene rings is 2. The molecule has 1 amide bonds. The fourth-order valence-corrected chi connectivity index (χ4v) is 1.96. The lowest BCUT2D eigenvalue weighted by molar-refractivity contribution is -0.112. The molecule has 0 atom stereocenters. The third-order valence-corrected chi connectivity index (χ3v) is 3.22. The maximum Gasteiger partial charge on any atom is 0.267 e. The molecule has 0 unspecified atom stereocenters. The van der Waals surface area contributed by atoms with Crippen molar-refractivity contribution in [2.75, 3.05) is 16.4 Å². The summed E-state index contributed by atoms with van der Waals surface area (Å²) in [6, 6.07) is 9.00. The highest BCUT2D eigenvalue weighted by atomic mass is 35.5. The Morgan fingerprint density at radius 2 is 1.92 bits per heavy atom. The predicted molar refractivity (Wildman–Crippen MR) is 88.2 cm³/mol. The van der Waals surface area contributed by atoms with Crippen molar-refractivity contribution in [1.29, 1.82) is 5.26 Å². The van der Waals surface area contributed by atoms with Crippen molar-refractivity contribution in [2.45, 2.75) is 0 Å². The number of nitriles is 1. The average Bonchev–Trinajstić information content (AvgIpc) is 2.52. The van der Waals surface area contributed by atoms with E-state index in [1.54, 1.807) is 6.07 Å². The smallest absolute Gasteiger partial charge is 0.267 e. The van der Waals surface area contributed by atoms with Crippen LogP contribution in [0.1, 0.15) is 0 Å². The van der Waals surface area contributed by atoms with Gasteiger partial charge in [-0.05, 0) is 30.3 Å².